The molecule has 0 N–H and O–H groups in total. The molecule has 0 aliphatic heterocycles. The smallest absolute Gasteiger partial charge is 0 e. The van der Waals surface area contributed by atoms with Crippen LogP contribution in [-0.2, 0) is 27.3 Å². The minimum Gasteiger partial charge on any atom is 0 e. The van der Waals surface area contributed by atoms with E-state index < -0.39 is 0 Å². The Balaban J connectivity index is 0. The van der Waals surface area contributed by atoms with Crippen molar-refractivity contribution in [2.24, 2.45) is 0 Å². The maximum atomic E-state index is 0. The first-order valence-corrected chi connectivity index (χ1v) is 0. The zero-order chi connectivity index (χ0) is 0. The molecule has 0 fully saturated rings. The topological polar surface area (TPSA) is 0 Å². The summed E-state index contributed by atoms with van der Waals surface area (Å²) in [6.45, 7) is 0. The fourth-order valence-corrected chi connectivity index (χ4v) is 0. The summed E-state index contributed by atoms with van der Waals surface area (Å²) in [5.41, 5.74) is 0. The van der Waals surface area contributed by atoms with Crippen LogP contribution in [-0.4, -0.2) is 102 Å². The van der Waals surface area contributed by atoms with Crippen molar-refractivity contribution in [3.63, 3.8) is 0 Å². The van der Waals surface area contributed by atoms with E-state index in [9.17, 15) is 0 Å². The summed E-state index contributed by atoms with van der Waals surface area (Å²) in [6, 6.07) is 0. The number of hydrogen-bond donors (Lipinski definition) is 0. The van der Waals surface area contributed by atoms with Gasteiger partial charge in [-0.25, -0.2) is 0 Å². The van der Waals surface area contributed by atoms with Gasteiger partial charge in [0.1, 0.15) is 0 Å². The van der Waals surface area contributed by atoms with E-state index in [1.807, 2.05) is 0 Å². The van der Waals surface area contributed by atoms with Crippen LogP contribution in [0.2, 0.25) is 0 Å². The van der Waals surface area contributed by atoms with E-state index in [-0.39, 0.29) is 129 Å². The van der Waals surface area contributed by atoms with Gasteiger partial charge in [-0.1, -0.05) is 0 Å². The van der Waals surface area contributed by atoms with Gasteiger partial charge in [-0.3, -0.25) is 0 Å². The van der Waals surface area contributed by atoms with E-state index in [1.165, 1.54) is 0 Å². The summed E-state index contributed by atoms with van der Waals surface area (Å²) in [4.78, 5) is 0. The largest absolute Gasteiger partial charge is 0 e. The van der Waals surface area contributed by atoms with E-state index in [4.69, 9.17) is 0 Å². The maximum Gasteiger partial charge on any atom is 0 e. The molecule has 0 spiro atoms. The molecule has 14 radical (unpaired) electrons. The Bertz CT molecular complexity index is 11.6. The van der Waals surface area contributed by atoms with Gasteiger partial charge in [0.2, 0.25) is 0 Å². The van der Waals surface area contributed by atoms with Gasteiger partial charge in [0.25, 0.3) is 0 Å². The number of rotatable bonds is 0. The summed E-state index contributed by atoms with van der Waals surface area (Å²) in [6.07, 6.45) is 0. The Labute approximate surface area is 126 Å². The average Bonchev–Trinajstić information content (AvgIpc) is 0. The molecular weight excluding hydrogens is 769 g/mol. The molecule has 0 atom stereocenters. The minimum absolute atomic E-state index is 0. The molecule has 0 saturated carbocycles. The first kappa shape index (κ1) is 34.5. The predicted molar refractivity (Wildman–Crippen MR) is 23.0 cm³/mol. The molecule has 0 rings (SSSR count). The van der Waals surface area contributed by atoms with Gasteiger partial charge in [0.15, 0.2) is 0 Å². The van der Waals surface area contributed by atoms with E-state index in [0.29, 0.717) is 0 Å². The van der Waals surface area contributed by atoms with Crippen molar-refractivity contribution in [3.8, 4) is 0 Å². The minimum atomic E-state index is 0. The second-order valence-corrected chi connectivity index (χ2v) is 0. The van der Waals surface area contributed by atoms with Crippen LogP contribution in [0.15, 0.2) is 0 Å². The molecule has 0 aromatic rings. The summed E-state index contributed by atoms with van der Waals surface area (Å²) in [5.74, 6) is 0. The van der Waals surface area contributed by atoms with E-state index in [2.05, 4.69) is 0 Å². The Morgan fingerprint density at radius 1 is 1.00 bits per heavy atom. The molecule has 20 valence electrons. The van der Waals surface area contributed by atoms with Crippen molar-refractivity contribution in [2.75, 3.05) is 0 Å². The molecule has 0 aliphatic rings. The van der Waals surface area contributed by atoms with Gasteiger partial charge in [-0.2, -0.15) is 0 Å². The Kier molecular flexibility index (Phi) is 164. The van der Waals surface area contributed by atoms with Crippen molar-refractivity contribution in [3.05, 3.63) is 0 Å². The van der Waals surface area contributed by atoms with Crippen LogP contribution in [0.1, 0.15) is 0 Å². The standard InChI is InChI=1S/Bi.Cd.Pb.Sb.Sn. The van der Waals surface area contributed by atoms with Crippen molar-refractivity contribution in [1.29, 1.82) is 0 Å². The molecule has 0 unspecified atom stereocenters. The molecule has 0 nitrogen and oxygen atoms in total. The fraction of sp³-hybridized carbons (Fsp3) is 0. The Hall–Kier alpha value is 4.34. The zero-order valence-corrected chi connectivity index (χ0v) is 19.4. The van der Waals surface area contributed by atoms with Gasteiger partial charge < -0.3 is 0 Å². The van der Waals surface area contributed by atoms with Gasteiger partial charge in [0.05, 0.1) is 0 Å². The van der Waals surface area contributed by atoms with Crippen LogP contribution in [0.3, 0.4) is 0 Å². The molecular formula is BiCdPbSbSn. The number of hydrogen-bond acceptors (Lipinski definition) is 0. The van der Waals surface area contributed by atoms with Crippen LogP contribution < -0.4 is 0 Å². The van der Waals surface area contributed by atoms with Crippen molar-refractivity contribution < 1.29 is 27.3 Å². The van der Waals surface area contributed by atoms with Gasteiger partial charge in [0, 0.05) is 129 Å². The van der Waals surface area contributed by atoms with Gasteiger partial charge in [-0.15, -0.1) is 0 Å². The van der Waals surface area contributed by atoms with E-state index in [1.54, 1.807) is 0 Å². The molecule has 0 saturated heterocycles. The molecule has 5 heteroatoms. The molecule has 0 aromatic heterocycles. The summed E-state index contributed by atoms with van der Waals surface area (Å²) in [7, 11) is 0. The van der Waals surface area contributed by atoms with Crippen LogP contribution in [0.5, 0.6) is 0 Å². The molecule has 0 aromatic carbocycles. The van der Waals surface area contributed by atoms with Gasteiger partial charge in [-0.05, 0) is 0 Å². The first-order valence-electron chi connectivity index (χ1n) is 0. The molecule has 5 heavy (non-hydrogen) atoms. The third kappa shape index (κ3) is 17.8. The first-order chi connectivity index (χ1) is 0. The molecule has 0 heterocycles. The maximum absolute atomic E-state index is 0. The van der Waals surface area contributed by atoms with E-state index in [0.717, 1.165) is 0 Å². The second kappa shape index (κ2) is 23.8. The Morgan fingerprint density at radius 3 is 1.00 bits per heavy atom. The summed E-state index contributed by atoms with van der Waals surface area (Å²) in [5, 5.41) is 0. The van der Waals surface area contributed by atoms with Crippen molar-refractivity contribution >= 4 is 102 Å². The molecule has 0 amide bonds. The van der Waals surface area contributed by atoms with E-state index >= 15 is 0 Å². The zero-order valence-electron chi connectivity index (χ0n) is 2.60. The average molecular weight is 769 g/mol. The second-order valence-electron chi connectivity index (χ2n) is 0. The van der Waals surface area contributed by atoms with Crippen molar-refractivity contribution in [2.45, 2.75) is 0 Å². The quantitative estimate of drug-likeness (QED) is 0.263. The normalized spacial score (nSPS) is 0. The van der Waals surface area contributed by atoms with Crippen LogP contribution in [0, 0.1) is 0 Å². The van der Waals surface area contributed by atoms with Crippen LogP contribution in [0.4, 0.5) is 0 Å². The van der Waals surface area contributed by atoms with Gasteiger partial charge >= 0.3 is 0 Å². The fourth-order valence-electron chi connectivity index (χ4n) is 0. The summed E-state index contributed by atoms with van der Waals surface area (Å²) < 4.78 is 0. The summed E-state index contributed by atoms with van der Waals surface area (Å²) >= 11 is 0. The van der Waals surface area contributed by atoms with Crippen LogP contribution in [0.25, 0.3) is 0 Å². The SMILES string of the molecule is [Bi].[Cd].[Pb].[Sb].[Sn]. The third-order valence-corrected chi connectivity index (χ3v) is 0. The third-order valence-electron chi connectivity index (χ3n) is 0. The van der Waals surface area contributed by atoms with Crippen molar-refractivity contribution in [1.82, 2.24) is 0 Å². The predicted octanol–water partition coefficient (Wildman–Crippen LogP) is -1.53. The van der Waals surface area contributed by atoms with Crippen LogP contribution >= 0.6 is 0 Å². The molecule has 0 aliphatic carbocycles. The monoisotopic (exact) mass is 772 g/mol. The Morgan fingerprint density at radius 2 is 1.00 bits per heavy atom. The molecule has 0 bridgehead atoms.